The predicted molar refractivity (Wildman–Crippen MR) is 143 cm³/mol. The van der Waals surface area contributed by atoms with E-state index in [0.29, 0.717) is 47.6 Å². The third-order valence-electron chi connectivity index (χ3n) is 7.33. The van der Waals surface area contributed by atoms with Crippen molar-refractivity contribution in [3.63, 3.8) is 0 Å². The molecule has 4 aromatic rings. The summed E-state index contributed by atoms with van der Waals surface area (Å²) in [4.78, 5) is 14.6. The highest BCUT2D eigenvalue weighted by atomic mass is 35.5. The smallest absolute Gasteiger partial charge is 0.296 e. The first-order valence-electron chi connectivity index (χ1n) is 13.0. The number of ether oxygens (including phenoxy) is 3. The fourth-order valence-corrected chi connectivity index (χ4v) is 5.80. The third kappa shape index (κ3) is 4.64. The van der Waals surface area contributed by atoms with E-state index in [1.165, 1.54) is 5.56 Å². The van der Waals surface area contributed by atoms with Gasteiger partial charge in [0.1, 0.15) is 18.3 Å². The Labute approximate surface area is 229 Å². The van der Waals surface area contributed by atoms with Crippen LogP contribution < -0.4 is 9.64 Å². The van der Waals surface area contributed by atoms with Crippen molar-refractivity contribution in [2.45, 2.75) is 63.5 Å². The van der Waals surface area contributed by atoms with Gasteiger partial charge in [0.05, 0.1) is 53.8 Å². The fourth-order valence-electron chi connectivity index (χ4n) is 5.54. The molecular formula is C27H29ClN6O5. The molecule has 3 N–H and O–H groups in total. The van der Waals surface area contributed by atoms with Crippen LogP contribution in [0.3, 0.4) is 0 Å². The molecule has 0 radical (unpaired) electrons. The van der Waals surface area contributed by atoms with Gasteiger partial charge in [0.2, 0.25) is 0 Å². The SMILES string of the molecule is CC(C)(O)Cn1cc2c(n1)CN(c1ccc(-c3nc4nc(O[C@@H]5COC6C5OC[C@H]6O)[nH]c4cc3Cl)cc1)C2. The largest absolute Gasteiger partial charge is 0.456 e. The molecule has 7 rings (SSSR count). The number of H-pyrrole nitrogens is 1. The normalized spacial score (nSPS) is 24.5. The van der Waals surface area contributed by atoms with Crippen molar-refractivity contribution in [2.75, 3.05) is 18.1 Å². The minimum absolute atomic E-state index is 0.237. The third-order valence-corrected chi connectivity index (χ3v) is 7.62. The van der Waals surface area contributed by atoms with Gasteiger partial charge in [-0.25, -0.2) is 4.98 Å². The van der Waals surface area contributed by atoms with E-state index in [0.717, 1.165) is 23.5 Å². The van der Waals surface area contributed by atoms with Gasteiger partial charge in [-0.3, -0.25) is 4.68 Å². The van der Waals surface area contributed by atoms with E-state index in [1.54, 1.807) is 19.9 Å². The quantitative estimate of drug-likeness (QED) is 0.330. The number of pyridine rings is 1. The van der Waals surface area contributed by atoms with Crippen LogP contribution in [0, 0.1) is 0 Å². The molecule has 6 heterocycles. The Morgan fingerprint density at radius 3 is 2.69 bits per heavy atom. The first-order valence-corrected chi connectivity index (χ1v) is 13.4. The van der Waals surface area contributed by atoms with Crippen LogP contribution in [-0.4, -0.2) is 78.2 Å². The lowest BCUT2D eigenvalue weighted by Crippen LogP contribution is -2.34. The molecule has 11 nitrogen and oxygen atoms in total. The van der Waals surface area contributed by atoms with E-state index in [1.807, 2.05) is 23.0 Å². The second-order valence-corrected chi connectivity index (χ2v) is 11.5. The van der Waals surface area contributed by atoms with E-state index in [4.69, 9.17) is 30.8 Å². The van der Waals surface area contributed by atoms with Crippen LogP contribution in [0.4, 0.5) is 5.69 Å². The zero-order valence-corrected chi connectivity index (χ0v) is 22.3. The highest BCUT2D eigenvalue weighted by Crippen LogP contribution is 2.34. The molecule has 0 spiro atoms. The molecule has 2 unspecified atom stereocenters. The molecule has 0 bridgehead atoms. The summed E-state index contributed by atoms with van der Waals surface area (Å²) in [5, 5.41) is 25.2. The van der Waals surface area contributed by atoms with Crippen molar-refractivity contribution < 1.29 is 24.4 Å². The zero-order chi connectivity index (χ0) is 26.9. The first-order chi connectivity index (χ1) is 18.7. The lowest BCUT2D eigenvalue weighted by Gasteiger charge is -2.20. The van der Waals surface area contributed by atoms with Crippen LogP contribution >= 0.6 is 11.6 Å². The lowest BCUT2D eigenvalue weighted by molar-refractivity contribution is 0.00706. The van der Waals surface area contributed by atoms with E-state index in [9.17, 15) is 10.2 Å². The number of aromatic nitrogens is 5. The number of anilines is 1. The summed E-state index contributed by atoms with van der Waals surface area (Å²) in [5.41, 5.74) is 5.14. The second kappa shape index (κ2) is 9.17. The highest BCUT2D eigenvalue weighted by Gasteiger charge is 2.48. The van der Waals surface area contributed by atoms with Gasteiger partial charge in [0.25, 0.3) is 6.01 Å². The van der Waals surface area contributed by atoms with Gasteiger partial charge < -0.3 is 34.3 Å². The standard InChI is InChI=1S/C27H29ClN6O5/c1-27(2,36)13-34-9-15-8-33(10-19(15)32-34)16-5-3-14(4-6-16)22-17(28)7-18-25(30-22)31-26(29-18)39-21-12-38-23-20(35)11-37-24(21)23/h3-7,9,20-21,23-24,35-36H,8,10-13H2,1-2H3,(H,29,30,31)/t20-,21-,23?,24?/m1/s1. The molecule has 39 heavy (non-hydrogen) atoms. The fraction of sp³-hybridized carbons (Fsp3) is 0.444. The molecule has 3 aliphatic rings. The molecule has 3 aliphatic heterocycles. The van der Waals surface area contributed by atoms with Crippen LogP contribution in [-0.2, 0) is 29.1 Å². The van der Waals surface area contributed by atoms with Crippen LogP contribution in [0.15, 0.2) is 36.5 Å². The van der Waals surface area contributed by atoms with Crippen molar-refractivity contribution >= 4 is 28.5 Å². The number of nitrogens with one attached hydrogen (secondary N) is 1. The number of fused-ring (bicyclic) bond motifs is 3. The maximum atomic E-state index is 10.1. The molecule has 0 aliphatic carbocycles. The number of aromatic amines is 1. The van der Waals surface area contributed by atoms with Crippen LogP contribution in [0.25, 0.3) is 22.4 Å². The van der Waals surface area contributed by atoms with Crippen LogP contribution in [0.5, 0.6) is 6.01 Å². The van der Waals surface area contributed by atoms with Gasteiger partial charge in [0.15, 0.2) is 11.8 Å². The Morgan fingerprint density at radius 2 is 1.92 bits per heavy atom. The number of imidazole rings is 1. The Kier molecular flexibility index (Phi) is 5.83. The van der Waals surface area contributed by atoms with Gasteiger partial charge >= 0.3 is 0 Å². The zero-order valence-electron chi connectivity index (χ0n) is 21.5. The Morgan fingerprint density at radius 1 is 1.13 bits per heavy atom. The minimum Gasteiger partial charge on any atom is -0.456 e. The molecule has 12 heteroatoms. The lowest BCUT2D eigenvalue weighted by atomic mass is 10.1. The molecular weight excluding hydrogens is 524 g/mol. The topological polar surface area (TPSA) is 131 Å². The number of aliphatic hydroxyl groups is 2. The van der Waals surface area contributed by atoms with E-state index in [2.05, 4.69) is 32.1 Å². The monoisotopic (exact) mass is 552 g/mol. The van der Waals surface area contributed by atoms with Crippen molar-refractivity contribution in [2.24, 2.45) is 0 Å². The molecule has 0 amide bonds. The Hall–Kier alpha value is -3.22. The number of aliphatic hydroxyl groups excluding tert-OH is 1. The van der Waals surface area contributed by atoms with Gasteiger partial charge in [0, 0.05) is 29.6 Å². The molecule has 3 aromatic heterocycles. The molecule has 0 saturated carbocycles. The van der Waals surface area contributed by atoms with Gasteiger partial charge in [-0.05, 0) is 32.0 Å². The summed E-state index contributed by atoms with van der Waals surface area (Å²) in [5.74, 6) is 0. The molecule has 2 saturated heterocycles. The molecule has 2 fully saturated rings. The predicted octanol–water partition coefficient (Wildman–Crippen LogP) is 2.67. The van der Waals surface area contributed by atoms with E-state index >= 15 is 0 Å². The van der Waals surface area contributed by atoms with Crippen LogP contribution in [0.1, 0.15) is 25.1 Å². The number of hydrogen-bond donors (Lipinski definition) is 3. The molecule has 1 aromatic carbocycles. The maximum absolute atomic E-state index is 10.1. The summed E-state index contributed by atoms with van der Waals surface area (Å²) < 4.78 is 19.1. The van der Waals surface area contributed by atoms with Gasteiger partial charge in [-0.2, -0.15) is 10.1 Å². The van der Waals surface area contributed by atoms with Gasteiger partial charge in [-0.15, -0.1) is 0 Å². The van der Waals surface area contributed by atoms with E-state index < -0.39 is 11.7 Å². The first kappa shape index (κ1) is 24.8. The summed E-state index contributed by atoms with van der Waals surface area (Å²) in [6, 6.07) is 10.2. The van der Waals surface area contributed by atoms with E-state index in [-0.39, 0.29) is 24.9 Å². The van der Waals surface area contributed by atoms with Crippen molar-refractivity contribution in [1.82, 2.24) is 24.7 Å². The van der Waals surface area contributed by atoms with Crippen LogP contribution in [0.2, 0.25) is 5.02 Å². The summed E-state index contributed by atoms with van der Waals surface area (Å²) in [6.07, 6.45) is 0.305. The van der Waals surface area contributed by atoms with Crippen molar-refractivity contribution in [3.8, 4) is 17.3 Å². The number of rotatable bonds is 6. The summed E-state index contributed by atoms with van der Waals surface area (Å²) in [6.45, 7) is 6.06. The average molecular weight is 553 g/mol. The Balaban J connectivity index is 1.06. The van der Waals surface area contributed by atoms with Crippen molar-refractivity contribution in [3.05, 3.63) is 52.8 Å². The Bertz CT molecular complexity index is 1510. The minimum atomic E-state index is -0.804. The number of halogens is 1. The average Bonchev–Trinajstić information content (AvgIpc) is 3.67. The number of nitrogens with zero attached hydrogens (tertiary/aromatic N) is 5. The number of benzene rings is 1. The van der Waals surface area contributed by atoms with Gasteiger partial charge in [-0.1, -0.05) is 23.7 Å². The summed E-state index contributed by atoms with van der Waals surface area (Å²) in [7, 11) is 0. The number of hydrogen-bond acceptors (Lipinski definition) is 9. The highest BCUT2D eigenvalue weighted by molar-refractivity contribution is 6.33. The second-order valence-electron chi connectivity index (χ2n) is 11.1. The van der Waals surface area contributed by atoms with Crippen molar-refractivity contribution in [1.29, 1.82) is 0 Å². The molecule has 4 atom stereocenters. The summed E-state index contributed by atoms with van der Waals surface area (Å²) >= 11 is 6.62. The maximum Gasteiger partial charge on any atom is 0.296 e. The molecule has 204 valence electrons.